The molecule has 0 aliphatic rings. The first-order valence-corrected chi connectivity index (χ1v) is 6.26. The van der Waals surface area contributed by atoms with Crippen molar-refractivity contribution in [1.29, 1.82) is 0 Å². The van der Waals surface area contributed by atoms with Crippen molar-refractivity contribution in [2.24, 2.45) is 5.73 Å². The van der Waals surface area contributed by atoms with E-state index in [1.807, 2.05) is 0 Å². The summed E-state index contributed by atoms with van der Waals surface area (Å²) in [6.45, 7) is 0.950. The van der Waals surface area contributed by atoms with Crippen LogP contribution in [0.5, 0.6) is 0 Å². The van der Waals surface area contributed by atoms with E-state index in [1.54, 1.807) is 0 Å². The third-order valence-electron chi connectivity index (χ3n) is 3.51. The van der Waals surface area contributed by atoms with Gasteiger partial charge in [0.1, 0.15) is 0 Å². The van der Waals surface area contributed by atoms with Crippen LogP contribution >= 0.6 is 0 Å². The van der Waals surface area contributed by atoms with E-state index in [9.17, 15) is 39.5 Å². The van der Waals surface area contributed by atoms with Crippen molar-refractivity contribution in [2.45, 2.75) is 75.4 Å². The molecular formula is C12H18F9N. The minimum Gasteiger partial charge on any atom is -0.289 e. The van der Waals surface area contributed by atoms with E-state index in [2.05, 4.69) is 5.73 Å². The first-order valence-electron chi connectivity index (χ1n) is 6.26. The van der Waals surface area contributed by atoms with Crippen molar-refractivity contribution in [1.82, 2.24) is 0 Å². The summed E-state index contributed by atoms with van der Waals surface area (Å²) in [6.07, 6.45) is -4.05. The highest BCUT2D eigenvalue weighted by Gasteiger charge is 2.75. The molecule has 0 heterocycles. The van der Waals surface area contributed by atoms with Gasteiger partial charge in [-0.3, -0.25) is 5.73 Å². The van der Waals surface area contributed by atoms with Crippen molar-refractivity contribution >= 4 is 0 Å². The van der Waals surface area contributed by atoms with Crippen LogP contribution in [-0.4, -0.2) is 34.9 Å². The molecule has 134 valence electrons. The number of alkyl halides is 9. The van der Waals surface area contributed by atoms with E-state index >= 15 is 0 Å². The van der Waals surface area contributed by atoms with Crippen LogP contribution in [-0.2, 0) is 0 Å². The molecule has 22 heavy (non-hydrogen) atoms. The first-order chi connectivity index (χ1) is 9.27. The van der Waals surface area contributed by atoms with Crippen LogP contribution < -0.4 is 5.73 Å². The molecule has 2 atom stereocenters. The number of halogens is 9. The fourth-order valence-electron chi connectivity index (χ4n) is 1.60. The Kier molecular flexibility index (Phi) is 5.29. The van der Waals surface area contributed by atoms with E-state index in [1.165, 1.54) is 0 Å². The second-order valence-corrected chi connectivity index (χ2v) is 5.90. The van der Waals surface area contributed by atoms with Crippen molar-refractivity contribution in [3.05, 3.63) is 0 Å². The lowest BCUT2D eigenvalue weighted by Gasteiger charge is -2.43. The van der Waals surface area contributed by atoms with Gasteiger partial charge in [0.25, 0.3) is 17.6 Å². The molecule has 10 heteroatoms. The lowest BCUT2D eigenvalue weighted by Crippen LogP contribution is -2.70. The third kappa shape index (κ3) is 3.30. The molecule has 0 bridgehead atoms. The molecule has 0 aromatic carbocycles. The summed E-state index contributed by atoms with van der Waals surface area (Å²) >= 11 is 0. The molecule has 0 fully saturated rings. The molecular weight excluding hydrogens is 329 g/mol. The fraction of sp³-hybridized carbons (Fsp3) is 1.00. The number of rotatable bonds is 7. The zero-order valence-corrected chi connectivity index (χ0v) is 12.4. The maximum atomic E-state index is 14.0. The van der Waals surface area contributed by atoms with Gasteiger partial charge >= 0.3 is 5.92 Å². The van der Waals surface area contributed by atoms with Crippen LogP contribution in [0.1, 0.15) is 40.5 Å². The molecule has 0 aliphatic carbocycles. The Bertz CT molecular complexity index is 396. The van der Waals surface area contributed by atoms with E-state index < -0.39 is 47.7 Å². The molecule has 0 saturated heterocycles. The normalized spacial score (nSPS) is 20.5. The Morgan fingerprint density at radius 3 is 1.36 bits per heavy atom. The van der Waals surface area contributed by atoms with Crippen molar-refractivity contribution in [3.8, 4) is 0 Å². The third-order valence-corrected chi connectivity index (χ3v) is 3.51. The van der Waals surface area contributed by atoms with Gasteiger partial charge < -0.3 is 0 Å². The largest absolute Gasteiger partial charge is 0.333 e. The quantitative estimate of drug-likeness (QED) is 0.520. The minimum atomic E-state index is -5.70. The lowest BCUT2D eigenvalue weighted by atomic mass is 9.81. The Labute approximate surface area is 122 Å². The van der Waals surface area contributed by atoms with Crippen LogP contribution in [0.3, 0.4) is 0 Å². The second-order valence-electron chi connectivity index (χ2n) is 5.90. The highest BCUT2D eigenvalue weighted by molar-refractivity contribution is 5.10. The number of nitrogens with two attached hydrogens (primary N) is 1. The van der Waals surface area contributed by atoms with Crippen LogP contribution in [0.15, 0.2) is 0 Å². The topological polar surface area (TPSA) is 26.0 Å². The highest BCUT2D eigenvalue weighted by Crippen LogP contribution is 2.53. The summed E-state index contributed by atoms with van der Waals surface area (Å²) in [7, 11) is 0. The van der Waals surface area contributed by atoms with Crippen LogP contribution in [0, 0.1) is 0 Å². The molecule has 2 unspecified atom stereocenters. The molecule has 0 aliphatic heterocycles. The van der Waals surface area contributed by atoms with E-state index in [0.717, 1.165) is 0 Å². The fourth-order valence-corrected chi connectivity index (χ4v) is 1.60. The Morgan fingerprint density at radius 1 is 0.727 bits per heavy atom. The molecule has 0 aromatic heterocycles. The van der Waals surface area contributed by atoms with E-state index in [4.69, 9.17) is 0 Å². The van der Waals surface area contributed by atoms with Crippen molar-refractivity contribution in [3.63, 3.8) is 0 Å². The van der Waals surface area contributed by atoms with E-state index in [-0.39, 0.29) is 20.8 Å². The molecule has 0 aromatic rings. The SMILES string of the molecule is CCC(F)(F)C(N)(F)C(F)(F)C(C)(F)CC(F)(F)C(C)(C)F. The Hall–Kier alpha value is -0.670. The van der Waals surface area contributed by atoms with E-state index in [0.29, 0.717) is 6.92 Å². The molecule has 1 nitrogen and oxygen atoms in total. The van der Waals surface area contributed by atoms with Gasteiger partial charge in [0.15, 0.2) is 11.3 Å². The summed E-state index contributed by atoms with van der Waals surface area (Å²) in [5.41, 5.74) is -3.71. The maximum Gasteiger partial charge on any atom is 0.333 e. The second kappa shape index (κ2) is 5.45. The summed E-state index contributed by atoms with van der Waals surface area (Å²) in [6, 6.07) is 0. The van der Waals surface area contributed by atoms with Crippen LogP contribution in [0.4, 0.5) is 39.5 Å². The average molecular weight is 347 g/mol. The molecule has 2 N–H and O–H groups in total. The van der Waals surface area contributed by atoms with Gasteiger partial charge in [0.05, 0.1) is 6.42 Å². The molecule has 0 saturated carbocycles. The smallest absolute Gasteiger partial charge is 0.289 e. The van der Waals surface area contributed by atoms with Crippen LogP contribution in [0.2, 0.25) is 0 Å². The maximum absolute atomic E-state index is 14.0. The zero-order chi connectivity index (χ0) is 18.4. The number of hydrogen-bond acceptors (Lipinski definition) is 1. The van der Waals surface area contributed by atoms with Gasteiger partial charge in [0.2, 0.25) is 0 Å². The average Bonchev–Trinajstić information content (AvgIpc) is 2.25. The van der Waals surface area contributed by atoms with Gasteiger partial charge in [-0.25, -0.2) is 30.7 Å². The summed E-state index contributed by atoms with van der Waals surface area (Å²) in [5.74, 6) is -20.5. The van der Waals surface area contributed by atoms with Gasteiger partial charge in [-0.15, -0.1) is 0 Å². The first kappa shape index (κ1) is 21.3. The van der Waals surface area contributed by atoms with Gasteiger partial charge in [-0.1, -0.05) is 6.92 Å². The lowest BCUT2D eigenvalue weighted by molar-refractivity contribution is -0.301. The van der Waals surface area contributed by atoms with Gasteiger partial charge in [-0.2, -0.15) is 8.78 Å². The highest BCUT2D eigenvalue weighted by atomic mass is 19.3. The van der Waals surface area contributed by atoms with Gasteiger partial charge in [-0.05, 0) is 20.8 Å². The summed E-state index contributed by atoms with van der Waals surface area (Å²) in [4.78, 5) is 0. The Morgan fingerprint density at radius 2 is 1.09 bits per heavy atom. The molecule has 0 amide bonds. The van der Waals surface area contributed by atoms with Gasteiger partial charge in [0, 0.05) is 6.42 Å². The van der Waals surface area contributed by atoms with Crippen LogP contribution in [0.25, 0.3) is 0 Å². The predicted molar refractivity (Wildman–Crippen MR) is 62.5 cm³/mol. The van der Waals surface area contributed by atoms with Crippen molar-refractivity contribution < 1.29 is 39.5 Å². The monoisotopic (exact) mass is 347 g/mol. The Balaban J connectivity index is 5.79. The predicted octanol–water partition coefficient (Wildman–Crippen LogP) is 4.79. The molecule has 0 radical (unpaired) electrons. The van der Waals surface area contributed by atoms with Crippen molar-refractivity contribution in [2.75, 3.05) is 0 Å². The summed E-state index contributed by atoms with van der Waals surface area (Å²) < 4.78 is 122. The standard InChI is InChI=1S/C12H18F9N/c1-5-9(15,16)12(21,22)11(19,20)8(4,14)6-10(17,18)7(2,3)13/h5-6,22H2,1-4H3. The minimum absolute atomic E-state index is 0.223. The molecule has 0 spiro atoms. The molecule has 0 rings (SSSR count). The number of hydrogen-bond donors (Lipinski definition) is 1. The zero-order valence-electron chi connectivity index (χ0n) is 12.4. The summed E-state index contributed by atoms with van der Waals surface area (Å²) in [5, 5.41) is 0.